The Balaban J connectivity index is 1.96. The molecule has 0 aliphatic heterocycles. The van der Waals surface area contributed by atoms with Crippen LogP contribution in [0.25, 0.3) is 0 Å². The minimum Gasteiger partial charge on any atom is -0.348 e. The van der Waals surface area contributed by atoms with E-state index in [0.29, 0.717) is 0 Å². The molecule has 0 fully saturated rings. The number of nitrogens with one attached hydrogen (secondary N) is 1. The molecule has 1 unspecified atom stereocenters. The van der Waals surface area contributed by atoms with Crippen molar-refractivity contribution >= 4 is 17.7 Å². The lowest BCUT2D eigenvalue weighted by Crippen LogP contribution is -2.42. The van der Waals surface area contributed by atoms with Gasteiger partial charge in [-0.05, 0) is 67.7 Å². The normalized spacial score (nSPS) is 16.9. The van der Waals surface area contributed by atoms with Crippen molar-refractivity contribution in [1.29, 1.82) is 0 Å². The van der Waals surface area contributed by atoms with Crippen molar-refractivity contribution in [2.75, 3.05) is 12.0 Å². The average molecular weight is 306 g/mol. The van der Waals surface area contributed by atoms with Gasteiger partial charge in [0.25, 0.3) is 0 Å². The Labute approximate surface area is 132 Å². The summed E-state index contributed by atoms with van der Waals surface area (Å²) in [7, 11) is 0. The summed E-state index contributed by atoms with van der Waals surface area (Å²) in [5, 5.41) is 3.04. The molecule has 0 aromatic heterocycles. The van der Waals surface area contributed by atoms with Gasteiger partial charge in [0.15, 0.2) is 0 Å². The first-order valence-corrected chi connectivity index (χ1v) is 9.17. The molecule has 0 spiro atoms. The number of hydrogen-bond donors (Lipinski definition) is 2. The Bertz CT molecular complexity index is 490. The molecule has 0 bridgehead atoms. The Morgan fingerprint density at radius 2 is 2.05 bits per heavy atom. The predicted octanol–water partition coefficient (Wildman–Crippen LogP) is 2.82. The van der Waals surface area contributed by atoms with Gasteiger partial charge in [-0.1, -0.05) is 18.2 Å². The zero-order valence-corrected chi connectivity index (χ0v) is 13.8. The molecule has 3 nitrogen and oxygen atoms in total. The fraction of sp³-hybridized carbons (Fsp3) is 0.588. The molecule has 0 radical (unpaired) electrons. The number of benzene rings is 1. The van der Waals surface area contributed by atoms with Crippen LogP contribution in [-0.2, 0) is 17.6 Å². The fourth-order valence-corrected chi connectivity index (χ4v) is 3.29. The van der Waals surface area contributed by atoms with Crippen LogP contribution < -0.4 is 11.1 Å². The third kappa shape index (κ3) is 4.48. The van der Waals surface area contributed by atoms with Gasteiger partial charge in [-0.3, -0.25) is 4.79 Å². The van der Waals surface area contributed by atoms with E-state index in [1.165, 1.54) is 36.0 Å². The first kappa shape index (κ1) is 16.4. The number of carbonyl (C=O) groups is 1. The van der Waals surface area contributed by atoms with Gasteiger partial charge in [0.2, 0.25) is 5.91 Å². The summed E-state index contributed by atoms with van der Waals surface area (Å²) in [4.78, 5) is 12.1. The van der Waals surface area contributed by atoms with Crippen molar-refractivity contribution in [3.8, 4) is 0 Å². The highest BCUT2D eigenvalue weighted by Gasteiger charge is 2.17. The maximum Gasteiger partial charge on any atom is 0.237 e. The zero-order chi connectivity index (χ0) is 15.2. The van der Waals surface area contributed by atoms with E-state index in [1.807, 2.05) is 13.2 Å². The molecule has 0 saturated heterocycles. The molecule has 2 rings (SSSR count). The third-order valence-corrected chi connectivity index (χ3v) is 4.85. The van der Waals surface area contributed by atoms with Gasteiger partial charge in [-0.25, -0.2) is 0 Å². The van der Waals surface area contributed by atoms with Gasteiger partial charge in [0.1, 0.15) is 0 Å². The minimum absolute atomic E-state index is 0.0186. The van der Waals surface area contributed by atoms with Crippen molar-refractivity contribution in [1.82, 2.24) is 5.32 Å². The Kier molecular flexibility index (Phi) is 6.12. The lowest BCUT2D eigenvalue weighted by atomic mass is 9.89. The highest BCUT2D eigenvalue weighted by molar-refractivity contribution is 7.98. The fourth-order valence-electron chi connectivity index (χ4n) is 2.80. The lowest BCUT2D eigenvalue weighted by Gasteiger charge is -2.21. The van der Waals surface area contributed by atoms with Crippen molar-refractivity contribution in [2.24, 2.45) is 5.73 Å². The molecule has 4 heteroatoms. The van der Waals surface area contributed by atoms with E-state index in [4.69, 9.17) is 5.73 Å². The minimum atomic E-state index is -0.405. The van der Waals surface area contributed by atoms with Crippen molar-refractivity contribution in [2.45, 2.75) is 51.1 Å². The van der Waals surface area contributed by atoms with Gasteiger partial charge in [0.05, 0.1) is 12.1 Å². The summed E-state index contributed by atoms with van der Waals surface area (Å²) in [6, 6.07) is 6.23. The van der Waals surface area contributed by atoms with Gasteiger partial charge < -0.3 is 11.1 Å². The van der Waals surface area contributed by atoms with Crippen molar-refractivity contribution in [3.05, 3.63) is 34.9 Å². The molecule has 1 aliphatic carbocycles. The summed E-state index contributed by atoms with van der Waals surface area (Å²) in [5.41, 5.74) is 10.0. The van der Waals surface area contributed by atoms with Gasteiger partial charge in [-0.2, -0.15) is 11.8 Å². The van der Waals surface area contributed by atoms with Crippen LogP contribution >= 0.6 is 11.8 Å². The predicted molar refractivity (Wildman–Crippen MR) is 90.6 cm³/mol. The summed E-state index contributed by atoms with van der Waals surface area (Å²) < 4.78 is 0. The molecule has 0 heterocycles. The average Bonchev–Trinajstić information content (AvgIpc) is 2.51. The highest BCUT2D eigenvalue weighted by atomic mass is 32.2. The number of aryl methyl sites for hydroxylation is 2. The molecule has 116 valence electrons. The molecule has 3 N–H and O–H groups in total. The van der Waals surface area contributed by atoms with Gasteiger partial charge in [0, 0.05) is 0 Å². The SMILES string of the molecule is CSCC[C@@H](N)C(=O)NC(C)c1ccc2c(c1)CCCC2. The number of nitrogens with two attached hydrogens (primary N) is 1. The molecule has 1 aromatic rings. The summed E-state index contributed by atoms with van der Waals surface area (Å²) in [5.74, 6) is 0.871. The van der Waals surface area contributed by atoms with Crippen LogP contribution in [0.15, 0.2) is 18.2 Å². The second-order valence-corrected chi connectivity index (χ2v) is 6.84. The summed E-state index contributed by atoms with van der Waals surface area (Å²) in [6.45, 7) is 2.03. The van der Waals surface area contributed by atoms with E-state index in [9.17, 15) is 4.79 Å². The second kappa shape index (κ2) is 7.85. The zero-order valence-electron chi connectivity index (χ0n) is 13.0. The first-order valence-electron chi connectivity index (χ1n) is 7.78. The maximum absolute atomic E-state index is 12.1. The number of fused-ring (bicyclic) bond motifs is 1. The smallest absolute Gasteiger partial charge is 0.237 e. The number of rotatable bonds is 6. The monoisotopic (exact) mass is 306 g/mol. The van der Waals surface area contributed by atoms with E-state index in [2.05, 4.69) is 23.5 Å². The first-order chi connectivity index (χ1) is 10.1. The molecule has 1 amide bonds. The van der Waals surface area contributed by atoms with Crippen LogP contribution in [0.1, 0.15) is 48.9 Å². The molecular formula is C17H26N2OS. The van der Waals surface area contributed by atoms with Crippen LogP contribution in [-0.4, -0.2) is 24.0 Å². The van der Waals surface area contributed by atoms with E-state index in [0.717, 1.165) is 18.6 Å². The largest absolute Gasteiger partial charge is 0.348 e. The molecule has 21 heavy (non-hydrogen) atoms. The topological polar surface area (TPSA) is 55.1 Å². The van der Waals surface area contributed by atoms with E-state index >= 15 is 0 Å². The molecule has 0 saturated carbocycles. The molecule has 1 aliphatic rings. The number of thioether (sulfide) groups is 1. The van der Waals surface area contributed by atoms with Crippen LogP contribution in [0, 0.1) is 0 Å². The second-order valence-electron chi connectivity index (χ2n) is 5.85. The van der Waals surface area contributed by atoms with E-state index < -0.39 is 6.04 Å². The van der Waals surface area contributed by atoms with Crippen LogP contribution in [0.4, 0.5) is 0 Å². The molecule has 2 atom stereocenters. The standard InChI is InChI=1S/C17H26N2OS/c1-12(19-17(20)16(18)9-10-21-2)14-8-7-13-5-3-4-6-15(13)11-14/h7-8,11-12,16H,3-6,9-10,18H2,1-2H3,(H,19,20)/t12?,16-/m1/s1. The van der Waals surface area contributed by atoms with Gasteiger partial charge >= 0.3 is 0 Å². The number of amides is 1. The Morgan fingerprint density at radius 1 is 1.33 bits per heavy atom. The Hall–Kier alpha value is -1.00. The van der Waals surface area contributed by atoms with Crippen molar-refractivity contribution < 1.29 is 4.79 Å². The molecule has 1 aromatic carbocycles. The van der Waals surface area contributed by atoms with E-state index in [1.54, 1.807) is 11.8 Å². The number of hydrogen-bond acceptors (Lipinski definition) is 3. The van der Waals surface area contributed by atoms with E-state index in [-0.39, 0.29) is 11.9 Å². The third-order valence-electron chi connectivity index (χ3n) is 4.20. The number of carbonyl (C=O) groups excluding carboxylic acids is 1. The lowest BCUT2D eigenvalue weighted by molar-refractivity contribution is -0.123. The van der Waals surface area contributed by atoms with Crippen LogP contribution in [0.3, 0.4) is 0 Å². The van der Waals surface area contributed by atoms with Gasteiger partial charge in [-0.15, -0.1) is 0 Å². The highest BCUT2D eigenvalue weighted by Crippen LogP contribution is 2.24. The van der Waals surface area contributed by atoms with Crippen LogP contribution in [0.5, 0.6) is 0 Å². The maximum atomic E-state index is 12.1. The van der Waals surface area contributed by atoms with Crippen LogP contribution in [0.2, 0.25) is 0 Å². The van der Waals surface area contributed by atoms with Crippen molar-refractivity contribution in [3.63, 3.8) is 0 Å². The summed E-state index contributed by atoms with van der Waals surface area (Å²) in [6.07, 6.45) is 7.68. The molecular weight excluding hydrogens is 280 g/mol. The Morgan fingerprint density at radius 3 is 2.76 bits per heavy atom. The summed E-state index contributed by atoms with van der Waals surface area (Å²) >= 11 is 1.72. The quantitative estimate of drug-likeness (QED) is 0.850.